The van der Waals surface area contributed by atoms with Crippen molar-refractivity contribution in [2.45, 2.75) is 116 Å². The lowest BCUT2D eigenvalue weighted by Crippen LogP contribution is -2.67. The number of hydrogen-bond donors (Lipinski definition) is 0. The number of ether oxygens (including phenoxy) is 11. The Morgan fingerprint density at radius 2 is 0.960 bits per heavy atom. The van der Waals surface area contributed by atoms with Crippen LogP contribution in [0, 0.1) is 0 Å². The van der Waals surface area contributed by atoms with Gasteiger partial charge in [0.25, 0.3) is 0 Å². The molecule has 21 heteroatoms. The van der Waals surface area contributed by atoms with Gasteiger partial charge in [0.15, 0.2) is 43.1 Å². The maximum absolute atomic E-state index is 12.4. The van der Waals surface area contributed by atoms with Gasteiger partial charge in [-0.2, -0.15) is 0 Å². The van der Waals surface area contributed by atoms with E-state index >= 15 is 0 Å². The highest BCUT2D eigenvalue weighted by molar-refractivity contribution is 5.69. The molecule has 50 heavy (non-hydrogen) atoms. The van der Waals surface area contributed by atoms with E-state index in [1.54, 1.807) is 0 Å². The Balaban J connectivity index is 2.69. The van der Waals surface area contributed by atoms with Gasteiger partial charge in [-0.3, -0.25) is 33.6 Å². The number of nitrogens with zero attached hydrogens (tertiary/aromatic N) is 3. The van der Waals surface area contributed by atoms with Crippen molar-refractivity contribution in [3.63, 3.8) is 0 Å². The molecule has 2 heterocycles. The van der Waals surface area contributed by atoms with Gasteiger partial charge < -0.3 is 52.1 Å². The summed E-state index contributed by atoms with van der Waals surface area (Å²) in [4.78, 5) is 87.6. The monoisotopic (exact) mass is 719 g/mol. The van der Waals surface area contributed by atoms with E-state index < -0.39 is 116 Å². The summed E-state index contributed by atoms with van der Waals surface area (Å²) < 4.78 is 61.6. The van der Waals surface area contributed by atoms with Gasteiger partial charge >= 0.3 is 41.8 Å². The molecule has 0 saturated carbocycles. The van der Waals surface area contributed by atoms with Gasteiger partial charge in [0.2, 0.25) is 0 Å². The van der Waals surface area contributed by atoms with Crippen LogP contribution >= 0.6 is 0 Å². The zero-order chi connectivity index (χ0) is 37.5. The molecule has 2 aliphatic heterocycles. The summed E-state index contributed by atoms with van der Waals surface area (Å²) in [7, 11) is 0. The maximum Gasteiger partial charge on any atom is 0.303 e. The highest BCUT2D eigenvalue weighted by Gasteiger charge is 2.57. The van der Waals surface area contributed by atoms with Crippen LogP contribution in [0.4, 0.5) is 0 Å². The molecule has 2 saturated heterocycles. The van der Waals surface area contributed by atoms with E-state index in [1.165, 1.54) is 0 Å². The Kier molecular flexibility index (Phi) is 16.8. The van der Waals surface area contributed by atoms with Crippen molar-refractivity contribution in [3.8, 4) is 0 Å². The molecule has 0 radical (unpaired) electrons. The fraction of sp³-hybridized carbons (Fsp3) is 0.759. The fourth-order valence-corrected chi connectivity index (χ4v) is 4.99. The van der Waals surface area contributed by atoms with E-state index in [-0.39, 0.29) is 19.6 Å². The summed E-state index contributed by atoms with van der Waals surface area (Å²) in [5.74, 6) is -5.96. The van der Waals surface area contributed by atoms with Crippen LogP contribution in [-0.4, -0.2) is 130 Å². The maximum atomic E-state index is 12.4. The van der Waals surface area contributed by atoms with Crippen molar-refractivity contribution in [1.82, 2.24) is 0 Å². The van der Waals surface area contributed by atoms with Crippen molar-refractivity contribution in [3.05, 3.63) is 10.4 Å². The van der Waals surface area contributed by atoms with Crippen LogP contribution in [0.2, 0.25) is 0 Å². The second-order valence-electron chi connectivity index (χ2n) is 10.8. The molecule has 0 bridgehead atoms. The number of hydrogen-bond acceptors (Lipinski definition) is 19. The van der Waals surface area contributed by atoms with E-state index in [2.05, 4.69) is 10.0 Å². The quantitative estimate of drug-likeness (QED) is 0.0519. The smallest absolute Gasteiger partial charge is 0.303 e. The van der Waals surface area contributed by atoms with Crippen LogP contribution < -0.4 is 0 Å². The van der Waals surface area contributed by atoms with E-state index in [1.807, 2.05) is 0 Å². The predicted octanol–water partition coefficient (Wildman–Crippen LogP) is 0.323. The van der Waals surface area contributed by atoms with Gasteiger partial charge in [0.1, 0.15) is 31.5 Å². The van der Waals surface area contributed by atoms with Crippen molar-refractivity contribution < 1.29 is 85.7 Å². The highest BCUT2D eigenvalue weighted by atomic mass is 16.8. The van der Waals surface area contributed by atoms with Gasteiger partial charge in [0, 0.05) is 59.9 Å². The Hall–Kier alpha value is -4.56. The standard InChI is InChI=1S/C29H41N3O18/c1-13(33)41-11-20-22(43-15(3)35)24(44-16(4)36)27(47-19(7)39)29(49-20)50-23-21(12-42-14(2)34)48-28(40-10-8-9-31-32-30)26(46-18(6)38)25(23)45-17(5)37/h20-29H,8-12H2,1-7H3/t20-,21-,22+,23-,24+,25+,26-,27-,28-,29+/m1/s1. The first-order chi connectivity index (χ1) is 23.5. The molecule has 2 aliphatic rings. The largest absolute Gasteiger partial charge is 0.463 e. The zero-order valence-electron chi connectivity index (χ0n) is 28.5. The van der Waals surface area contributed by atoms with E-state index in [0.29, 0.717) is 0 Å². The number of esters is 7. The van der Waals surface area contributed by atoms with Crippen LogP contribution in [0.25, 0.3) is 10.4 Å². The Morgan fingerprint density at radius 3 is 1.42 bits per heavy atom. The minimum Gasteiger partial charge on any atom is -0.463 e. The average molecular weight is 720 g/mol. The minimum absolute atomic E-state index is 0.0420. The van der Waals surface area contributed by atoms with E-state index in [4.69, 9.17) is 57.6 Å². The summed E-state index contributed by atoms with van der Waals surface area (Å²) in [5.41, 5.74) is 8.55. The lowest BCUT2D eigenvalue weighted by molar-refractivity contribution is -0.361. The number of carbonyl (C=O) groups is 7. The Bertz CT molecular complexity index is 1290. The third kappa shape index (κ3) is 13.4. The minimum atomic E-state index is -1.80. The molecule has 0 aromatic rings. The van der Waals surface area contributed by atoms with Crippen molar-refractivity contribution in [2.24, 2.45) is 5.11 Å². The van der Waals surface area contributed by atoms with Gasteiger partial charge in [-0.05, 0) is 12.0 Å². The highest BCUT2D eigenvalue weighted by Crippen LogP contribution is 2.35. The molecule has 0 unspecified atom stereocenters. The molecule has 0 N–H and O–H groups in total. The molecule has 0 aromatic heterocycles. The Labute approximate surface area is 285 Å². The molecule has 0 spiro atoms. The first kappa shape index (κ1) is 41.6. The molecule has 10 atom stereocenters. The van der Waals surface area contributed by atoms with Crippen molar-refractivity contribution >= 4 is 41.8 Å². The molecule has 2 rings (SSSR count). The second-order valence-corrected chi connectivity index (χ2v) is 10.8. The lowest BCUT2D eigenvalue weighted by atomic mass is 9.96. The summed E-state index contributed by atoms with van der Waals surface area (Å²) in [6.45, 7) is 6.20. The molecule has 0 amide bonds. The summed E-state index contributed by atoms with van der Waals surface area (Å²) in [6, 6.07) is 0. The van der Waals surface area contributed by atoms with Crippen LogP contribution in [0.3, 0.4) is 0 Å². The third-order valence-electron chi connectivity index (χ3n) is 6.63. The van der Waals surface area contributed by atoms with Gasteiger partial charge in [-0.1, -0.05) is 5.11 Å². The normalized spacial score (nSPS) is 28.9. The van der Waals surface area contributed by atoms with Gasteiger partial charge in [0.05, 0.1) is 6.61 Å². The van der Waals surface area contributed by atoms with Crippen LogP contribution in [0.5, 0.6) is 0 Å². The number of azide groups is 1. The first-order valence-electron chi connectivity index (χ1n) is 15.3. The fourth-order valence-electron chi connectivity index (χ4n) is 4.99. The van der Waals surface area contributed by atoms with E-state index in [0.717, 1.165) is 48.5 Å². The topological polar surface area (TPSA) is 270 Å². The first-order valence-corrected chi connectivity index (χ1v) is 15.3. The van der Waals surface area contributed by atoms with Crippen molar-refractivity contribution in [1.29, 1.82) is 0 Å². The zero-order valence-corrected chi connectivity index (χ0v) is 28.5. The summed E-state index contributed by atoms with van der Waals surface area (Å²) in [6.07, 6.45) is -15.4. The Morgan fingerprint density at radius 1 is 0.560 bits per heavy atom. The molecule has 21 nitrogen and oxygen atoms in total. The molecule has 280 valence electrons. The molecular weight excluding hydrogens is 678 g/mol. The molecular formula is C29H41N3O18. The molecule has 2 fully saturated rings. The second kappa shape index (κ2) is 20.2. The number of carbonyl (C=O) groups excluding carboxylic acids is 7. The van der Waals surface area contributed by atoms with Crippen LogP contribution in [0.15, 0.2) is 5.11 Å². The lowest BCUT2D eigenvalue weighted by Gasteiger charge is -2.48. The summed E-state index contributed by atoms with van der Waals surface area (Å²) >= 11 is 0. The van der Waals surface area contributed by atoms with Crippen LogP contribution in [-0.2, 0) is 85.7 Å². The third-order valence-corrected chi connectivity index (χ3v) is 6.63. The number of rotatable bonds is 16. The summed E-state index contributed by atoms with van der Waals surface area (Å²) in [5, 5.41) is 3.41. The van der Waals surface area contributed by atoms with Gasteiger partial charge in [-0.15, -0.1) is 0 Å². The molecule has 0 aliphatic carbocycles. The SMILES string of the molecule is CC(=O)OC[C@H]1O[C@@H](O[C@H]2[C@H](OC(C)=O)[C@@H](OC(C)=O)[C@H](OCCCN=[N+]=[N-])O[C@@H]2COC(C)=O)[C@H](OC(C)=O)[C@@H](OC(C)=O)[C@H]1OC(C)=O. The average Bonchev–Trinajstić information content (AvgIpc) is 2.99. The van der Waals surface area contributed by atoms with Crippen molar-refractivity contribution in [2.75, 3.05) is 26.4 Å². The van der Waals surface area contributed by atoms with Crippen LogP contribution in [0.1, 0.15) is 54.9 Å². The van der Waals surface area contributed by atoms with E-state index in [9.17, 15) is 33.6 Å². The predicted molar refractivity (Wildman–Crippen MR) is 158 cm³/mol. The van der Waals surface area contributed by atoms with Gasteiger partial charge in [-0.25, -0.2) is 0 Å². The molecule has 0 aromatic carbocycles.